The molecular formula is C18H25N3O3. The van der Waals surface area contributed by atoms with E-state index in [2.05, 4.69) is 15.8 Å². The average molecular weight is 331 g/mol. The molecule has 2 heterocycles. The van der Waals surface area contributed by atoms with E-state index < -0.39 is 0 Å². The fourth-order valence-electron chi connectivity index (χ4n) is 3.03. The highest BCUT2D eigenvalue weighted by Crippen LogP contribution is 2.21. The summed E-state index contributed by atoms with van der Waals surface area (Å²) in [7, 11) is 0. The number of hydrogen-bond acceptors (Lipinski definition) is 4. The largest absolute Gasteiger partial charge is 0.462 e. The van der Waals surface area contributed by atoms with E-state index in [0.717, 1.165) is 26.1 Å². The molecule has 0 unspecified atom stereocenters. The average Bonchev–Trinajstić information content (AvgIpc) is 2.87. The first-order chi connectivity index (χ1) is 11.5. The van der Waals surface area contributed by atoms with Crippen LogP contribution in [0.3, 0.4) is 0 Å². The molecule has 24 heavy (non-hydrogen) atoms. The maximum Gasteiger partial charge on any atom is 0.340 e. The van der Waals surface area contributed by atoms with Crippen molar-refractivity contribution in [3.8, 4) is 12.3 Å². The number of H-pyrrole nitrogens is 1. The number of piperazine rings is 1. The van der Waals surface area contributed by atoms with Gasteiger partial charge in [-0.3, -0.25) is 9.69 Å². The quantitative estimate of drug-likeness (QED) is 0.657. The molecule has 0 spiro atoms. The number of nitrogens with one attached hydrogen (secondary N) is 1. The van der Waals surface area contributed by atoms with Crippen LogP contribution >= 0.6 is 0 Å². The van der Waals surface area contributed by atoms with E-state index in [0.29, 0.717) is 42.2 Å². The van der Waals surface area contributed by atoms with Gasteiger partial charge in [0, 0.05) is 44.8 Å². The highest BCUT2D eigenvalue weighted by molar-refractivity contribution is 6.00. The molecule has 1 aromatic rings. The summed E-state index contributed by atoms with van der Waals surface area (Å²) < 4.78 is 5.07. The summed E-state index contributed by atoms with van der Waals surface area (Å²) in [4.78, 5) is 32.0. The predicted molar refractivity (Wildman–Crippen MR) is 92.0 cm³/mol. The summed E-state index contributed by atoms with van der Waals surface area (Å²) in [6.45, 7) is 9.47. The number of aryl methyl sites for hydroxylation is 1. The summed E-state index contributed by atoms with van der Waals surface area (Å²) >= 11 is 0. The Balaban J connectivity index is 2.07. The van der Waals surface area contributed by atoms with Crippen molar-refractivity contribution in [3.63, 3.8) is 0 Å². The Morgan fingerprint density at radius 3 is 2.50 bits per heavy atom. The number of amides is 1. The zero-order chi connectivity index (χ0) is 17.7. The van der Waals surface area contributed by atoms with E-state index in [1.807, 2.05) is 4.90 Å². The van der Waals surface area contributed by atoms with E-state index >= 15 is 0 Å². The van der Waals surface area contributed by atoms with Gasteiger partial charge >= 0.3 is 5.97 Å². The first-order valence-electron chi connectivity index (χ1n) is 8.31. The van der Waals surface area contributed by atoms with Crippen LogP contribution in [-0.4, -0.2) is 66.0 Å². The van der Waals surface area contributed by atoms with Crippen LogP contribution in [0.15, 0.2) is 0 Å². The lowest BCUT2D eigenvalue weighted by Crippen LogP contribution is -2.49. The number of hydrogen-bond donors (Lipinski definition) is 1. The van der Waals surface area contributed by atoms with Gasteiger partial charge in [-0.05, 0) is 26.3 Å². The standard InChI is InChI=1S/C18H25N3O3/c1-5-7-8-20-9-11-21(12-10-20)17(22)16-13(3)15(14(4)19-16)18(23)24-6-2/h1,19H,6-12H2,2-4H3. The molecule has 1 fully saturated rings. The second-order valence-electron chi connectivity index (χ2n) is 5.93. The van der Waals surface area contributed by atoms with Crippen molar-refractivity contribution in [1.82, 2.24) is 14.8 Å². The molecule has 0 atom stereocenters. The highest BCUT2D eigenvalue weighted by atomic mass is 16.5. The van der Waals surface area contributed by atoms with Gasteiger partial charge in [0.05, 0.1) is 12.2 Å². The van der Waals surface area contributed by atoms with Gasteiger partial charge in [0.2, 0.25) is 0 Å². The van der Waals surface area contributed by atoms with Crippen LogP contribution in [0.25, 0.3) is 0 Å². The number of terminal acetylenes is 1. The molecule has 130 valence electrons. The first kappa shape index (κ1) is 18.1. The number of ether oxygens (including phenoxy) is 1. The molecule has 1 N–H and O–H groups in total. The van der Waals surface area contributed by atoms with Crippen LogP contribution in [0.2, 0.25) is 0 Å². The topological polar surface area (TPSA) is 65.6 Å². The summed E-state index contributed by atoms with van der Waals surface area (Å²) in [5.74, 6) is 2.19. The SMILES string of the molecule is C#CCCN1CCN(C(=O)c2[nH]c(C)c(C(=O)OCC)c2C)CC1. The van der Waals surface area contributed by atoms with Crippen molar-refractivity contribution >= 4 is 11.9 Å². The molecule has 2 rings (SSSR count). The number of carbonyl (C=O) groups is 2. The number of carbonyl (C=O) groups excluding carboxylic acids is 2. The van der Waals surface area contributed by atoms with Gasteiger partial charge in [-0.2, -0.15) is 0 Å². The molecule has 0 bridgehead atoms. The second kappa shape index (κ2) is 8.02. The van der Waals surface area contributed by atoms with Crippen molar-refractivity contribution in [2.75, 3.05) is 39.3 Å². The van der Waals surface area contributed by atoms with Gasteiger partial charge in [0.25, 0.3) is 5.91 Å². The van der Waals surface area contributed by atoms with Crippen LogP contribution in [0, 0.1) is 26.2 Å². The van der Waals surface area contributed by atoms with Gasteiger partial charge in [-0.15, -0.1) is 12.3 Å². The Kier molecular flexibility index (Phi) is 6.04. The van der Waals surface area contributed by atoms with Crippen molar-refractivity contribution in [1.29, 1.82) is 0 Å². The summed E-state index contributed by atoms with van der Waals surface area (Å²) in [5.41, 5.74) is 2.27. The van der Waals surface area contributed by atoms with E-state index in [9.17, 15) is 9.59 Å². The molecule has 0 saturated carbocycles. The predicted octanol–water partition coefficient (Wildman–Crippen LogP) is 1.59. The lowest BCUT2D eigenvalue weighted by atomic mass is 10.1. The molecule has 1 aliphatic heterocycles. The van der Waals surface area contributed by atoms with E-state index in [4.69, 9.17) is 11.2 Å². The molecule has 0 aliphatic carbocycles. The minimum absolute atomic E-state index is 0.0669. The monoisotopic (exact) mass is 331 g/mol. The fraction of sp³-hybridized carbons (Fsp3) is 0.556. The molecule has 1 aliphatic rings. The van der Waals surface area contributed by atoms with Crippen molar-refractivity contribution in [2.24, 2.45) is 0 Å². The maximum atomic E-state index is 12.8. The third-order valence-corrected chi connectivity index (χ3v) is 4.36. The molecule has 1 saturated heterocycles. The second-order valence-corrected chi connectivity index (χ2v) is 5.93. The Bertz CT molecular complexity index is 649. The molecule has 6 nitrogen and oxygen atoms in total. The lowest BCUT2D eigenvalue weighted by Gasteiger charge is -2.34. The Hall–Kier alpha value is -2.26. The van der Waals surface area contributed by atoms with Crippen molar-refractivity contribution in [2.45, 2.75) is 27.2 Å². The molecule has 1 aromatic heterocycles. The van der Waals surface area contributed by atoms with Gasteiger partial charge in [-0.1, -0.05) is 0 Å². The smallest absolute Gasteiger partial charge is 0.340 e. The number of aromatic amines is 1. The van der Waals surface area contributed by atoms with Crippen LogP contribution < -0.4 is 0 Å². The maximum absolute atomic E-state index is 12.8. The molecule has 0 radical (unpaired) electrons. The van der Waals surface area contributed by atoms with Gasteiger partial charge in [0.1, 0.15) is 5.69 Å². The lowest BCUT2D eigenvalue weighted by molar-refractivity contribution is 0.0525. The minimum Gasteiger partial charge on any atom is -0.462 e. The van der Waals surface area contributed by atoms with Crippen molar-refractivity contribution in [3.05, 3.63) is 22.5 Å². The minimum atomic E-state index is -0.387. The van der Waals surface area contributed by atoms with Crippen LogP contribution in [-0.2, 0) is 4.74 Å². The van der Waals surface area contributed by atoms with Crippen LogP contribution in [0.1, 0.15) is 45.4 Å². The Morgan fingerprint density at radius 1 is 1.25 bits per heavy atom. The third-order valence-electron chi connectivity index (χ3n) is 4.36. The number of rotatable bonds is 5. The van der Waals surface area contributed by atoms with E-state index in [1.54, 1.807) is 20.8 Å². The summed E-state index contributed by atoms with van der Waals surface area (Å²) in [5, 5.41) is 0. The molecule has 0 aromatic carbocycles. The van der Waals surface area contributed by atoms with E-state index in [1.165, 1.54) is 0 Å². The van der Waals surface area contributed by atoms with Gasteiger partial charge in [-0.25, -0.2) is 4.79 Å². The van der Waals surface area contributed by atoms with Crippen LogP contribution in [0.5, 0.6) is 0 Å². The van der Waals surface area contributed by atoms with Crippen molar-refractivity contribution < 1.29 is 14.3 Å². The third kappa shape index (κ3) is 3.80. The zero-order valence-electron chi connectivity index (χ0n) is 14.6. The number of aromatic nitrogens is 1. The zero-order valence-corrected chi connectivity index (χ0v) is 14.6. The molecular weight excluding hydrogens is 306 g/mol. The summed E-state index contributed by atoms with van der Waals surface area (Å²) in [6, 6.07) is 0. The Labute approximate surface area is 143 Å². The van der Waals surface area contributed by atoms with Crippen LogP contribution in [0.4, 0.5) is 0 Å². The normalized spacial score (nSPS) is 15.2. The Morgan fingerprint density at radius 2 is 1.92 bits per heavy atom. The molecule has 1 amide bonds. The number of nitrogens with zero attached hydrogens (tertiary/aromatic N) is 2. The van der Waals surface area contributed by atoms with Gasteiger partial charge < -0.3 is 14.6 Å². The van der Waals surface area contributed by atoms with E-state index in [-0.39, 0.29) is 11.9 Å². The first-order valence-corrected chi connectivity index (χ1v) is 8.31. The summed E-state index contributed by atoms with van der Waals surface area (Å²) in [6.07, 6.45) is 6.02. The highest BCUT2D eigenvalue weighted by Gasteiger charge is 2.27. The molecule has 6 heteroatoms. The number of esters is 1. The van der Waals surface area contributed by atoms with Gasteiger partial charge in [0.15, 0.2) is 0 Å². The fourth-order valence-corrected chi connectivity index (χ4v) is 3.03.